The number of aliphatic carboxylic acids is 1. The molecule has 1 saturated carbocycles. The zero-order valence-electron chi connectivity index (χ0n) is 8.43. The van der Waals surface area contributed by atoms with Crippen LogP contribution in [0.3, 0.4) is 0 Å². The minimum atomic E-state index is -0.739. The van der Waals surface area contributed by atoms with Gasteiger partial charge in [-0.2, -0.15) is 0 Å². The summed E-state index contributed by atoms with van der Waals surface area (Å²) in [5, 5.41) is 9.10. The summed E-state index contributed by atoms with van der Waals surface area (Å²) >= 11 is 0. The third kappa shape index (κ3) is 0.838. The van der Waals surface area contributed by atoms with Crippen LogP contribution in [0.4, 0.5) is 0 Å². The molecule has 1 aliphatic heterocycles. The van der Waals surface area contributed by atoms with Crippen molar-refractivity contribution in [3.63, 3.8) is 0 Å². The molecule has 0 aromatic heterocycles. The van der Waals surface area contributed by atoms with Gasteiger partial charge < -0.3 is 9.84 Å². The highest BCUT2D eigenvalue weighted by Crippen LogP contribution is 2.65. The zero-order chi connectivity index (χ0) is 10.6. The van der Waals surface area contributed by atoms with Gasteiger partial charge in [0.2, 0.25) is 0 Å². The number of ether oxygens (including phenoxy) is 1. The Morgan fingerprint density at radius 1 is 1.53 bits per heavy atom. The Hall–Kier alpha value is -1.51. The molecule has 0 saturated heterocycles. The SMILES string of the molecule is CCC12c3ccccc3OC1C2C(=O)O. The van der Waals surface area contributed by atoms with Crippen molar-refractivity contribution in [2.24, 2.45) is 5.92 Å². The molecule has 0 bridgehead atoms. The fourth-order valence-electron chi connectivity index (χ4n) is 2.95. The van der Waals surface area contributed by atoms with E-state index in [1.165, 1.54) is 0 Å². The van der Waals surface area contributed by atoms with Crippen LogP contribution in [-0.2, 0) is 10.2 Å². The molecule has 0 amide bonds. The fourth-order valence-corrected chi connectivity index (χ4v) is 2.95. The Bertz CT molecular complexity index is 440. The molecule has 1 aromatic carbocycles. The minimum absolute atomic E-state index is 0.141. The van der Waals surface area contributed by atoms with Crippen molar-refractivity contribution in [1.29, 1.82) is 0 Å². The summed E-state index contributed by atoms with van der Waals surface area (Å²) < 4.78 is 5.67. The molecular formula is C12H12O3. The Balaban J connectivity index is 2.10. The number of para-hydroxylation sites is 1. The van der Waals surface area contributed by atoms with Gasteiger partial charge in [0.05, 0.1) is 5.41 Å². The molecule has 0 spiro atoms. The predicted octanol–water partition coefficient (Wildman–Crippen LogP) is 1.81. The van der Waals surface area contributed by atoms with Crippen molar-refractivity contribution >= 4 is 5.97 Å². The lowest BCUT2D eigenvalue weighted by molar-refractivity contribution is -0.139. The smallest absolute Gasteiger partial charge is 0.311 e. The van der Waals surface area contributed by atoms with Crippen molar-refractivity contribution in [3.05, 3.63) is 29.8 Å². The Kier molecular flexibility index (Phi) is 1.48. The molecule has 15 heavy (non-hydrogen) atoms. The molecule has 3 rings (SSSR count). The second-order valence-electron chi connectivity index (χ2n) is 4.24. The van der Waals surface area contributed by atoms with E-state index in [4.69, 9.17) is 9.84 Å². The second kappa shape index (κ2) is 2.54. The van der Waals surface area contributed by atoms with E-state index in [2.05, 4.69) is 0 Å². The van der Waals surface area contributed by atoms with E-state index in [1.54, 1.807) is 0 Å². The van der Waals surface area contributed by atoms with Crippen LogP contribution in [0.15, 0.2) is 24.3 Å². The van der Waals surface area contributed by atoms with Crippen LogP contribution in [0.25, 0.3) is 0 Å². The van der Waals surface area contributed by atoms with Gasteiger partial charge in [-0.05, 0) is 12.5 Å². The third-order valence-corrected chi connectivity index (χ3v) is 3.75. The molecule has 3 heteroatoms. The van der Waals surface area contributed by atoms with Gasteiger partial charge in [0, 0.05) is 5.56 Å². The molecule has 3 atom stereocenters. The predicted molar refractivity (Wildman–Crippen MR) is 54.0 cm³/mol. The lowest BCUT2D eigenvalue weighted by atomic mass is 9.90. The number of carbonyl (C=O) groups is 1. The van der Waals surface area contributed by atoms with Crippen LogP contribution in [0.2, 0.25) is 0 Å². The van der Waals surface area contributed by atoms with Crippen LogP contribution in [0.5, 0.6) is 5.75 Å². The first-order chi connectivity index (χ1) is 7.21. The topological polar surface area (TPSA) is 46.5 Å². The molecular weight excluding hydrogens is 192 g/mol. The highest BCUT2D eigenvalue weighted by molar-refractivity contribution is 5.81. The average Bonchev–Trinajstić information content (AvgIpc) is 2.78. The number of hydrogen-bond donors (Lipinski definition) is 1. The van der Waals surface area contributed by atoms with E-state index in [-0.39, 0.29) is 17.4 Å². The zero-order valence-corrected chi connectivity index (χ0v) is 8.43. The van der Waals surface area contributed by atoms with Gasteiger partial charge in [-0.3, -0.25) is 4.79 Å². The van der Waals surface area contributed by atoms with Gasteiger partial charge in [-0.1, -0.05) is 25.1 Å². The maximum absolute atomic E-state index is 11.1. The van der Waals surface area contributed by atoms with Crippen LogP contribution in [-0.4, -0.2) is 17.2 Å². The van der Waals surface area contributed by atoms with E-state index < -0.39 is 5.97 Å². The van der Waals surface area contributed by atoms with Gasteiger partial charge in [0.15, 0.2) is 0 Å². The van der Waals surface area contributed by atoms with Crippen molar-refractivity contribution in [3.8, 4) is 5.75 Å². The van der Waals surface area contributed by atoms with E-state index in [0.717, 1.165) is 17.7 Å². The standard InChI is InChI=1S/C12H12O3/c1-2-12-7-5-3-4-6-8(7)15-10(12)9(12)11(13)14/h3-6,9-10H,2H2,1H3,(H,13,14). The number of fused-ring (bicyclic) bond motifs is 3. The van der Waals surface area contributed by atoms with Gasteiger partial charge in [-0.25, -0.2) is 0 Å². The highest BCUT2D eigenvalue weighted by Gasteiger charge is 2.74. The van der Waals surface area contributed by atoms with Crippen LogP contribution in [0.1, 0.15) is 18.9 Å². The maximum Gasteiger partial charge on any atom is 0.311 e. The fraction of sp³-hybridized carbons (Fsp3) is 0.417. The van der Waals surface area contributed by atoms with E-state index in [1.807, 2.05) is 31.2 Å². The maximum atomic E-state index is 11.1. The first-order valence-electron chi connectivity index (χ1n) is 5.20. The van der Waals surface area contributed by atoms with Gasteiger partial charge in [0.25, 0.3) is 0 Å². The number of hydrogen-bond acceptors (Lipinski definition) is 2. The molecule has 1 aromatic rings. The van der Waals surface area contributed by atoms with Crippen LogP contribution >= 0.6 is 0 Å². The normalized spacial score (nSPS) is 35.3. The first-order valence-corrected chi connectivity index (χ1v) is 5.20. The quantitative estimate of drug-likeness (QED) is 0.799. The number of rotatable bonds is 2. The highest BCUT2D eigenvalue weighted by atomic mass is 16.5. The summed E-state index contributed by atoms with van der Waals surface area (Å²) in [6.07, 6.45) is 0.684. The van der Waals surface area contributed by atoms with E-state index in [9.17, 15) is 4.79 Å². The van der Waals surface area contributed by atoms with Crippen molar-refractivity contribution in [2.75, 3.05) is 0 Å². The Morgan fingerprint density at radius 2 is 2.27 bits per heavy atom. The van der Waals surface area contributed by atoms with Gasteiger partial charge >= 0.3 is 5.97 Å². The summed E-state index contributed by atoms with van der Waals surface area (Å²) in [5.74, 6) is -0.226. The second-order valence-corrected chi connectivity index (χ2v) is 4.24. The summed E-state index contributed by atoms with van der Waals surface area (Å²) in [7, 11) is 0. The lowest BCUT2D eigenvalue weighted by Gasteiger charge is -2.11. The molecule has 1 aliphatic carbocycles. The Morgan fingerprint density at radius 3 is 2.93 bits per heavy atom. The summed E-state index contributed by atoms with van der Waals surface area (Å²) in [6.45, 7) is 2.03. The third-order valence-electron chi connectivity index (χ3n) is 3.75. The average molecular weight is 204 g/mol. The minimum Gasteiger partial charge on any atom is -0.488 e. The van der Waals surface area contributed by atoms with Crippen LogP contribution < -0.4 is 4.74 Å². The summed E-state index contributed by atoms with van der Waals surface area (Å²) in [5.41, 5.74) is 0.826. The largest absolute Gasteiger partial charge is 0.488 e. The molecule has 3 unspecified atom stereocenters. The molecule has 2 aliphatic rings. The van der Waals surface area contributed by atoms with Gasteiger partial charge in [0.1, 0.15) is 17.8 Å². The monoisotopic (exact) mass is 204 g/mol. The summed E-state index contributed by atoms with van der Waals surface area (Å²) in [6, 6.07) is 7.77. The molecule has 1 heterocycles. The van der Waals surface area contributed by atoms with E-state index >= 15 is 0 Å². The van der Waals surface area contributed by atoms with Crippen molar-refractivity contribution in [1.82, 2.24) is 0 Å². The summed E-state index contributed by atoms with van der Waals surface area (Å²) in [4.78, 5) is 11.1. The number of carboxylic acid groups (broad SMARTS) is 1. The molecule has 1 N–H and O–H groups in total. The van der Waals surface area contributed by atoms with Crippen molar-refractivity contribution < 1.29 is 14.6 Å². The Labute approximate surface area is 87.7 Å². The van der Waals surface area contributed by atoms with Crippen LogP contribution in [0, 0.1) is 5.92 Å². The van der Waals surface area contributed by atoms with Crippen molar-refractivity contribution in [2.45, 2.75) is 24.9 Å². The number of carboxylic acids is 1. The number of benzene rings is 1. The molecule has 3 nitrogen and oxygen atoms in total. The molecule has 0 radical (unpaired) electrons. The first kappa shape index (κ1) is 8.77. The molecule has 78 valence electrons. The van der Waals surface area contributed by atoms with Gasteiger partial charge in [-0.15, -0.1) is 0 Å². The molecule has 1 fully saturated rings. The lowest BCUT2D eigenvalue weighted by Crippen LogP contribution is -2.13. The van der Waals surface area contributed by atoms with E-state index in [0.29, 0.717) is 0 Å².